The number of sulfonamides is 1. The van der Waals surface area contributed by atoms with E-state index in [0.717, 1.165) is 19.3 Å². The Kier molecular flexibility index (Phi) is 6.55. The number of hydrogen-bond acceptors (Lipinski definition) is 3. The fraction of sp³-hybridized carbons (Fsp3) is 0.562. The third-order valence-electron chi connectivity index (χ3n) is 3.77. The van der Waals surface area contributed by atoms with Gasteiger partial charge in [0.05, 0.1) is 4.90 Å². The normalized spacial score (nSPS) is 13.4. The van der Waals surface area contributed by atoms with Gasteiger partial charge in [-0.1, -0.05) is 32.9 Å². The molecule has 1 unspecified atom stereocenters. The lowest BCUT2D eigenvalue weighted by molar-refractivity contribution is 0.0913. The Hall–Kier alpha value is -1.20. The van der Waals surface area contributed by atoms with Gasteiger partial charge in [0.25, 0.3) is 0 Å². The SMILES string of the molecule is CCC(C)NS(=O)(=O)c1ccc(C(=O)C(CC)CC)cc1. The molecule has 1 aromatic carbocycles. The first-order chi connectivity index (χ1) is 9.85. The highest BCUT2D eigenvalue weighted by atomic mass is 32.2. The summed E-state index contributed by atoms with van der Waals surface area (Å²) in [5.74, 6) is 0.0875. The Morgan fingerprint density at radius 3 is 2.00 bits per heavy atom. The third kappa shape index (κ3) is 4.64. The molecule has 0 spiro atoms. The molecule has 0 radical (unpaired) electrons. The van der Waals surface area contributed by atoms with Crippen molar-refractivity contribution >= 4 is 15.8 Å². The average Bonchev–Trinajstić information content (AvgIpc) is 2.48. The van der Waals surface area contributed by atoms with Gasteiger partial charge >= 0.3 is 0 Å². The summed E-state index contributed by atoms with van der Waals surface area (Å²) < 4.78 is 26.9. The smallest absolute Gasteiger partial charge is 0.240 e. The molecule has 0 saturated heterocycles. The Bertz CT molecular complexity index is 560. The fourth-order valence-electron chi connectivity index (χ4n) is 2.11. The summed E-state index contributed by atoms with van der Waals surface area (Å²) in [6.45, 7) is 7.72. The van der Waals surface area contributed by atoms with Crippen molar-refractivity contribution < 1.29 is 13.2 Å². The summed E-state index contributed by atoms with van der Waals surface area (Å²) in [4.78, 5) is 12.4. The average molecular weight is 311 g/mol. The molecule has 0 aliphatic rings. The second-order valence-corrected chi connectivity index (χ2v) is 7.05. The molecule has 21 heavy (non-hydrogen) atoms. The maximum absolute atomic E-state index is 12.2. The second-order valence-electron chi connectivity index (χ2n) is 5.33. The van der Waals surface area contributed by atoms with Crippen molar-refractivity contribution in [2.45, 2.75) is 57.9 Å². The van der Waals surface area contributed by atoms with E-state index in [2.05, 4.69) is 4.72 Å². The van der Waals surface area contributed by atoms with Crippen LogP contribution in [0.5, 0.6) is 0 Å². The van der Waals surface area contributed by atoms with Gasteiger partial charge in [-0.3, -0.25) is 4.79 Å². The van der Waals surface area contributed by atoms with Gasteiger partial charge in [-0.05, 0) is 38.3 Å². The zero-order valence-electron chi connectivity index (χ0n) is 13.2. The summed E-state index contributed by atoms with van der Waals surface area (Å²) in [5.41, 5.74) is 0.575. The van der Waals surface area contributed by atoms with Gasteiger partial charge in [0.1, 0.15) is 0 Å². The van der Waals surface area contributed by atoms with E-state index < -0.39 is 10.0 Å². The molecule has 1 N–H and O–H groups in total. The van der Waals surface area contributed by atoms with Crippen molar-refractivity contribution in [3.8, 4) is 0 Å². The molecule has 0 amide bonds. The molecular formula is C16H25NO3S. The first-order valence-electron chi connectivity index (χ1n) is 7.52. The highest BCUT2D eigenvalue weighted by Crippen LogP contribution is 2.18. The first kappa shape index (κ1) is 17.9. The highest BCUT2D eigenvalue weighted by Gasteiger charge is 2.19. The molecule has 0 aliphatic heterocycles. The van der Waals surface area contributed by atoms with Gasteiger partial charge in [0.2, 0.25) is 10.0 Å². The van der Waals surface area contributed by atoms with Crippen LogP contribution in [0.2, 0.25) is 0 Å². The van der Waals surface area contributed by atoms with Crippen molar-refractivity contribution in [1.82, 2.24) is 4.72 Å². The number of carbonyl (C=O) groups is 1. The minimum atomic E-state index is -3.51. The van der Waals surface area contributed by atoms with Crippen molar-refractivity contribution in [1.29, 1.82) is 0 Å². The molecule has 0 aromatic heterocycles. The Morgan fingerprint density at radius 2 is 1.57 bits per heavy atom. The van der Waals surface area contributed by atoms with Crippen LogP contribution in [0, 0.1) is 5.92 Å². The largest absolute Gasteiger partial charge is 0.294 e. The zero-order valence-corrected chi connectivity index (χ0v) is 14.0. The molecule has 118 valence electrons. The number of Topliss-reactive ketones (excluding diaryl/α,β-unsaturated/α-hetero) is 1. The molecule has 1 aromatic rings. The zero-order chi connectivity index (χ0) is 16.0. The quantitative estimate of drug-likeness (QED) is 0.749. The number of ketones is 1. The Labute approximate surface area is 128 Å². The number of hydrogen-bond donors (Lipinski definition) is 1. The Morgan fingerprint density at radius 1 is 1.05 bits per heavy atom. The van der Waals surface area contributed by atoms with Crippen LogP contribution < -0.4 is 4.72 Å². The summed E-state index contributed by atoms with van der Waals surface area (Å²) in [6, 6.07) is 6.10. The summed E-state index contributed by atoms with van der Waals surface area (Å²) >= 11 is 0. The van der Waals surface area contributed by atoms with Crippen LogP contribution in [-0.2, 0) is 10.0 Å². The molecule has 0 saturated carbocycles. The lowest BCUT2D eigenvalue weighted by Gasteiger charge is -2.13. The van der Waals surface area contributed by atoms with Crippen LogP contribution in [0.1, 0.15) is 57.3 Å². The first-order valence-corrected chi connectivity index (χ1v) is 9.00. The van der Waals surface area contributed by atoms with E-state index in [1.807, 2.05) is 27.7 Å². The third-order valence-corrected chi connectivity index (χ3v) is 5.38. The minimum absolute atomic E-state index is 0.00527. The monoisotopic (exact) mass is 311 g/mol. The highest BCUT2D eigenvalue weighted by molar-refractivity contribution is 7.89. The van der Waals surface area contributed by atoms with E-state index in [-0.39, 0.29) is 22.6 Å². The van der Waals surface area contributed by atoms with Crippen LogP contribution in [0.3, 0.4) is 0 Å². The van der Waals surface area contributed by atoms with Gasteiger partial charge in [-0.25, -0.2) is 13.1 Å². The van der Waals surface area contributed by atoms with E-state index in [1.54, 1.807) is 12.1 Å². The summed E-state index contributed by atoms with van der Waals surface area (Å²) in [6.07, 6.45) is 2.32. The topological polar surface area (TPSA) is 63.2 Å². The standard InChI is InChI=1S/C16H25NO3S/c1-5-12(4)17-21(19,20)15-10-8-14(9-11-15)16(18)13(6-2)7-3/h8-13,17H,5-7H2,1-4H3. The molecular weight excluding hydrogens is 286 g/mol. The minimum Gasteiger partial charge on any atom is -0.294 e. The van der Waals surface area contributed by atoms with Crippen LogP contribution >= 0.6 is 0 Å². The predicted octanol–water partition coefficient (Wildman–Crippen LogP) is 3.38. The van der Waals surface area contributed by atoms with Gasteiger partial charge in [0, 0.05) is 17.5 Å². The maximum atomic E-state index is 12.2. The van der Waals surface area contributed by atoms with E-state index in [9.17, 15) is 13.2 Å². The predicted molar refractivity (Wildman–Crippen MR) is 84.9 cm³/mol. The number of nitrogens with one attached hydrogen (secondary N) is 1. The van der Waals surface area contributed by atoms with Crippen LogP contribution in [0.25, 0.3) is 0 Å². The van der Waals surface area contributed by atoms with Gasteiger partial charge in [0.15, 0.2) is 5.78 Å². The van der Waals surface area contributed by atoms with Crippen molar-refractivity contribution in [3.05, 3.63) is 29.8 Å². The summed E-state index contributed by atoms with van der Waals surface area (Å²) in [5, 5.41) is 0. The van der Waals surface area contributed by atoms with E-state index in [0.29, 0.717) is 5.56 Å². The molecule has 0 heterocycles. The fourth-order valence-corrected chi connectivity index (χ4v) is 3.44. The number of carbonyl (C=O) groups excluding carboxylic acids is 1. The van der Waals surface area contributed by atoms with Gasteiger partial charge in [-0.15, -0.1) is 0 Å². The number of benzene rings is 1. The molecule has 0 fully saturated rings. The second kappa shape index (κ2) is 7.71. The van der Waals surface area contributed by atoms with Gasteiger partial charge < -0.3 is 0 Å². The van der Waals surface area contributed by atoms with E-state index >= 15 is 0 Å². The molecule has 1 rings (SSSR count). The van der Waals surface area contributed by atoms with Crippen LogP contribution in [-0.4, -0.2) is 20.2 Å². The summed E-state index contributed by atoms with van der Waals surface area (Å²) in [7, 11) is -3.51. The molecule has 1 atom stereocenters. The van der Waals surface area contributed by atoms with E-state index in [1.165, 1.54) is 12.1 Å². The number of rotatable bonds is 8. The van der Waals surface area contributed by atoms with Crippen molar-refractivity contribution in [3.63, 3.8) is 0 Å². The molecule has 5 heteroatoms. The molecule has 0 aliphatic carbocycles. The lowest BCUT2D eigenvalue weighted by Crippen LogP contribution is -2.32. The molecule has 4 nitrogen and oxygen atoms in total. The molecule has 0 bridgehead atoms. The van der Waals surface area contributed by atoms with Crippen molar-refractivity contribution in [2.24, 2.45) is 5.92 Å². The lowest BCUT2D eigenvalue weighted by atomic mass is 9.93. The van der Waals surface area contributed by atoms with Crippen LogP contribution in [0.15, 0.2) is 29.2 Å². The Balaban J connectivity index is 2.95. The van der Waals surface area contributed by atoms with Crippen molar-refractivity contribution in [2.75, 3.05) is 0 Å². The van der Waals surface area contributed by atoms with E-state index in [4.69, 9.17) is 0 Å². The van der Waals surface area contributed by atoms with Gasteiger partial charge in [-0.2, -0.15) is 0 Å². The maximum Gasteiger partial charge on any atom is 0.240 e. The van der Waals surface area contributed by atoms with Crippen LogP contribution in [0.4, 0.5) is 0 Å².